The van der Waals surface area contributed by atoms with Gasteiger partial charge in [0, 0.05) is 5.02 Å². The molecule has 0 radical (unpaired) electrons. The molecule has 2 aromatic carbocycles. The maximum atomic E-state index is 13.5. The van der Waals surface area contributed by atoms with Crippen molar-refractivity contribution in [3.8, 4) is 0 Å². The van der Waals surface area contributed by atoms with Gasteiger partial charge in [0.2, 0.25) is 0 Å². The molecule has 2 rings (SSSR count). The fraction of sp³-hybridized carbons (Fsp3) is 0.188. The summed E-state index contributed by atoms with van der Waals surface area (Å²) in [6.45, 7) is 1.56. The summed E-state index contributed by atoms with van der Waals surface area (Å²) in [6.07, 6.45) is 0. The maximum absolute atomic E-state index is 13.5. The van der Waals surface area contributed by atoms with E-state index in [4.69, 9.17) is 11.6 Å². The zero-order valence-electron chi connectivity index (χ0n) is 11.9. The van der Waals surface area contributed by atoms with E-state index in [1.807, 2.05) is 6.07 Å². The topological polar surface area (TPSA) is 61.4 Å². The molecule has 0 aliphatic heterocycles. The minimum absolute atomic E-state index is 0.0228. The number of nitrogens with one attached hydrogen (secondary N) is 2. The van der Waals surface area contributed by atoms with Crippen molar-refractivity contribution in [3.63, 3.8) is 0 Å². The van der Waals surface area contributed by atoms with Gasteiger partial charge in [0.1, 0.15) is 11.4 Å². The number of amides is 2. The molecule has 0 aliphatic carbocycles. The molecule has 0 bridgehead atoms. The first-order valence-corrected chi connectivity index (χ1v) is 7.04. The first kappa shape index (κ1) is 16.3. The average Bonchev–Trinajstić information content (AvgIpc) is 2.50. The van der Waals surface area contributed by atoms with Crippen LogP contribution in [-0.2, 0) is 5.60 Å². The van der Waals surface area contributed by atoms with E-state index >= 15 is 0 Å². The molecule has 0 fully saturated rings. The van der Waals surface area contributed by atoms with E-state index < -0.39 is 17.4 Å². The highest BCUT2D eigenvalue weighted by atomic mass is 35.5. The smallest absolute Gasteiger partial charge is 0.319 e. The van der Waals surface area contributed by atoms with Crippen molar-refractivity contribution in [2.75, 3.05) is 11.9 Å². The fourth-order valence-electron chi connectivity index (χ4n) is 1.91. The van der Waals surface area contributed by atoms with Crippen molar-refractivity contribution in [2.24, 2.45) is 0 Å². The molecular formula is C16H16ClFN2O2. The van der Waals surface area contributed by atoms with Gasteiger partial charge in [-0.2, -0.15) is 0 Å². The molecule has 2 amide bonds. The van der Waals surface area contributed by atoms with Crippen LogP contribution >= 0.6 is 11.6 Å². The van der Waals surface area contributed by atoms with Crippen LogP contribution in [0.1, 0.15) is 12.5 Å². The number of urea groups is 1. The Kier molecular flexibility index (Phi) is 5.00. The third-order valence-electron chi connectivity index (χ3n) is 3.17. The normalized spacial score (nSPS) is 13.3. The van der Waals surface area contributed by atoms with Crippen molar-refractivity contribution in [1.82, 2.24) is 5.32 Å². The molecule has 0 aliphatic rings. The number of carbonyl (C=O) groups is 1. The van der Waals surface area contributed by atoms with Gasteiger partial charge in [0.15, 0.2) is 0 Å². The fourth-order valence-corrected chi connectivity index (χ4v) is 2.08. The first-order chi connectivity index (χ1) is 10.4. The van der Waals surface area contributed by atoms with Crippen LogP contribution in [0, 0.1) is 5.82 Å². The Morgan fingerprint density at radius 1 is 1.27 bits per heavy atom. The van der Waals surface area contributed by atoms with Crippen LogP contribution < -0.4 is 10.6 Å². The predicted molar refractivity (Wildman–Crippen MR) is 84.4 cm³/mol. The lowest BCUT2D eigenvalue weighted by Gasteiger charge is -2.24. The molecule has 2 aromatic rings. The summed E-state index contributed by atoms with van der Waals surface area (Å²) < 4.78 is 13.5. The largest absolute Gasteiger partial charge is 0.384 e. The third-order valence-corrected chi connectivity index (χ3v) is 3.40. The molecule has 3 N–H and O–H groups in total. The second-order valence-electron chi connectivity index (χ2n) is 5.07. The van der Waals surface area contributed by atoms with E-state index in [2.05, 4.69) is 10.6 Å². The Labute approximate surface area is 132 Å². The summed E-state index contributed by atoms with van der Waals surface area (Å²) in [5, 5.41) is 15.5. The summed E-state index contributed by atoms with van der Waals surface area (Å²) >= 11 is 5.75. The van der Waals surface area contributed by atoms with Crippen LogP contribution in [0.5, 0.6) is 0 Å². The van der Waals surface area contributed by atoms with Crippen LogP contribution in [0.4, 0.5) is 14.9 Å². The lowest BCUT2D eigenvalue weighted by atomic mass is 9.96. The average molecular weight is 323 g/mol. The lowest BCUT2D eigenvalue weighted by molar-refractivity contribution is 0.0599. The van der Waals surface area contributed by atoms with Gasteiger partial charge in [0.05, 0.1) is 12.2 Å². The molecule has 6 heteroatoms. The van der Waals surface area contributed by atoms with E-state index in [9.17, 15) is 14.3 Å². The van der Waals surface area contributed by atoms with Crippen LogP contribution in [0.15, 0.2) is 48.5 Å². The summed E-state index contributed by atoms with van der Waals surface area (Å²) in [6, 6.07) is 12.2. The molecule has 22 heavy (non-hydrogen) atoms. The molecule has 1 unspecified atom stereocenters. The highest BCUT2D eigenvalue weighted by Crippen LogP contribution is 2.20. The van der Waals surface area contributed by atoms with E-state index in [0.29, 0.717) is 10.6 Å². The van der Waals surface area contributed by atoms with Crippen LogP contribution in [-0.4, -0.2) is 17.7 Å². The molecule has 0 aromatic heterocycles. The van der Waals surface area contributed by atoms with E-state index in [1.54, 1.807) is 31.2 Å². The number of aliphatic hydroxyl groups is 1. The quantitative estimate of drug-likeness (QED) is 0.806. The second kappa shape index (κ2) is 6.77. The van der Waals surface area contributed by atoms with Crippen molar-refractivity contribution in [1.29, 1.82) is 0 Å². The van der Waals surface area contributed by atoms with Gasteiger partial charge < -0.3 is 15.7 Å². The zero-order valence-corrected chi connectivity index (χ0v) is 12.7. The SMILES string of the molecule is CC(O)(CNC(=O)Nc1cc(Cl)ccc1F)c1ccccc1. The first-order valence-electron chi connectivity index (χ1n) is 6.66. The van der Waals surface area contributed by atoms with Gasteiger partial charge in [-0.25, -0.2) is 9.18 Å². The van der Waals surface area contributed by atoms with Crippen LogP contribution in [0.2, 0.25) is 5.02 Å². The minimum Gasteiger partial charge on any atom is -0.384 e. The van der Waals surface area contributed by atoms with E-state index in [1.165, 1.54) is 12.1 Å². The summed E-state index contributed by atoms with van der Waals surface area (Å²) in [7, 11) is 0. The molecule has 1 atom stereocenters. The summed E-state index contributed by atoms with van der Waals surface area (Å²) in [4.78, 5) is 11.8. The number of rotatable bonds is 4. The van der Waals surface area contributed by atoms with Gasteiger partial charge in [0.25, 0.3) is 0 Å². The van der Waals surface area contributed by atoms with Crippen molar-refractivity contribution < 1.29 is 14.3 Å². The van der Waals surface area contributed by atoms with Gasteiger partial charge in [-0.05, 0) is 30.7 Å². The van der Waals surface area contributed by atoms with Crippen LogP contribution in [0.3, 0.4) is 0 Å². The van der Waals surface area contributed by atoms with Gasteiger partial charge >= 0.3 is 6.03 Å². The molecule has 0 saturated heterocycles. The minimum atomic E-state index is -1.23. The Morgan fingerprint density at radius 2 is 1.95 bits per heavy atom. The maximum Gasteiger partial charge on any atom is 0.319 e. The number of benzene rings is 2. The number of carbonyl (C=O) groups excluding carboxylic acids is 1. The molecular weight excluding hydrogens is 307 g/mol. The summed E-state index contributed by atoms with van der Waals surface area (Å²) in [5.41, 5.74) is -0.584. The van der Waals surface area contributed by atoms with Gasteiger partial charge in [-0.15, -0.1) is 0 Å². The number of anilines is 1. The molecule has 0 spiro atoms. The monoisotopic (exact) mass is 322 g/mol. The molecule has 0 saturated carbocycles. The second-order valence-corrected chi connectivity index (χ2v) is 5.51. The molecule has 116 valence electrons. The zero-order chi connectivity index (χ0) is 16.2. The van der Waals surface area contributed by atoms with Gasteiger partial charge in [-0.1, -0.05) is 41.9 Å². The number of hydrogen-bond acceptors (Lipinski definition) is 2. The van der Waals surface area contributed by atoms with Crippen molar-refractivity contribution >= 4 is 23.3 Å². The Bertz CT molecular complexity index is 662. The molecule has 4 nitrogen and oxygen atoms in total. The van der Waals surface area contributed by atoms with E-state index in [0.717, 1.165) is 6.07 Å². The Morgan fingerprint density at radius 3 is 2.64 bits per heavy atom. The van der Waals surface area contributed by atoms with Crippen molar-refractivity contribution in [2.45, 2.75) is 12.5 Å². The number of hydrogen-bond donors (Lipinski definition) is 3. The molecule has 0 heterocycles. The number of halogens is 2. The highest BCUT2D eigenvalue weighted by Gasteiger charge is 2.23. The van der Waals surface area contributed by atoms with Gasteiger partial charge in [-0.3, -0.25) is 0 Å². The van der Waals surface area contributed by atoms with Crippen LogP contribution in [0.25, 0.3) is 0 Å². The predicted octanol–water partition coefficient (Wildman–Crippen LogP) is 3.51. The van der Waals surface area contributed by atoms with E-state index in [-0.39, 0.29) is 12.2 Å². The highest BCUT2D eigenvalue weighted by molar-refractivity contribution is 6.30. The Hall–Kier alpha value is -2.11. The lowest BCUT2D eigenvalue weighted by Crippen LogP contribution is -2.40. The third kappa shape index (κ3) is 4.19. The standard InChI is InChI=1S/C16H16ClFN2O2/c1-16(22,11-5-3-2-4-6-11)10-19-15(21)20-14-9-12(17)7-8-13(14)18/h2-9,22H,10H2,1H3,(H2,19,20,21). The van der Waals surface area contributed by atoms with Crippen molar-refractivity contribution in [3.05, 3.63) is 64.9 Å². The summed E-state index contributed by atoms with van der Waals surface area (Å²) in [5.74, 6) is -0.589. The Balaban J connectivity index is 1.97.